The monoisotopic (exact) mass is 574 g/mol. The number of rotatable bonds is 1. The van der Waals surface area contributed by atoms with E-state index in [1.165, 1.54) is 5.01 Å². The normalized spacial score (nSPS) is 28.0. The first kappa shape index (κ1) is 29.7. The number of carbonyl (C=O) groups is 4. The first-order valence-corrected chi connectivity index (χ1v) is 15.0. The molecule has 1 unspecified atom stereocenters. The average molecular weight is 575 g/mol. The third-order valence-corrected chi connectivity index (χ3v) is 8.61. The van der Waals surface area contributed by atoms with E-state index in [0.717, 1.165) is 35.0 Å². The maximum atomic E-state index is 13.8. The van der Waals surface area contributed by atoms with Crippen LogP contribution in [0.15, 0.2) is 36.4 Å². The van der Waals surface area contributed by atoms with E-state index in [1.807, 2.05) is 61.2 Å². The Morgan fingerprint density at radius 3 is 2.45 bits per heavy atom. The van der Waals surface area contributed by atoms with E-state index in [1.54, 1.807) is 20.8 Å². The highest BCUT2D eigenvalue weighted by atomic mass is 16.2. The second-order valence-corrected chi connectivity index (χ2v) is 12.7. The highest BCUT2D eigenvalue weighted by Crippen LogP contribution is 2.33. The number of benzene rings is 1. The molecule has 0 radical (unpaired) electrons. The van der Waals surface area contributed by atoms with Gasteiger partial charge < -0.3 is 15.5 Å². The molecule has 0 aliphatic carbocycles. The number of nitrogens with zero attached hydrogens (tertiary/aromatic N) is 3. The summed E-state index contributed by atoms with van der Waals surface area (Å²) in [5, 5.41) is 8.14. The molecule has 42 heavy (non-hydrogen) atoms. The predicted octanol–water partition coefficient (Wildman–Crippen LogP) is 3.09. The molecule has 2 aromatic rings. The van der Waals surface area contributed by atoms with Crippen LogP contribution < -0.4 is 16.1 Å². The molecule has 4 heterocycles. The molecule has 0 saturated carbocycles. The lowest BCUT2D eigenvalue weighted by atomic mass is 9.89. The summed E-state index contributed by atoms with van der Waals surface area (Å²) < 4.78 is 0. The van der Waals surface area contributed by atoms with Crippen LogP contribution in [0.1, 0.15) is 77.6 Å². The molecule has 0 spiro atoms. The van der Waals surface area contributed by atoms with Crippen molar-refractivity contribution in [3.63, 3.8) is 0 Å². The van der Waals surface area contributed by atoms with Crippen molar-refractivity contribution >= 4 is 40.6 Å². The molecule has 10 heteroatoms. The van der Waals surface area contributed by atoms with Gasteiger partial charge in [0.25, 0.3) is 5.91 Å². The van der Waals surface area contributed by atoms with E-state index in [9.17, 15) is 19.2 Å². The molecule has 5 bridgehead atoms. The van der Waals surface area contributed by atoms with E-state index >= 15 is 0 Å². The number of hydrogen-bond donors (Lipinski definition) is 3. The van der Waals surface area contributed by atoms with Crippen LogP contribution in [0.3, 0.4) is 0 Å². The van der Waals surface area contributed by atoms with Crippen LogP contribution in [0.2, 0.25) is 0 Å². The molecule has 4 atom stereocenters. The van der Waals surface area contributed by atoms with Crippen molar-refractivity contribution in [2.75, 3.05) is 13.1 Å². The highest BCUT2D eigenvalue weighted by Gasteiger charge is 2.38. The van der Waals surface area contributed by atoms with E-state index in [-0.39, 0.29) is 29.7 Å². The molecule has 3 aliphatic heterocycles. The molecule has 224 valence electrons. The first-order valence-electron chi connectivity index (χ1n) is 15.0. The molecule has 3 aliphatic rings. The number of amides is 4. The Labute approximate surface area is 247 Å². The van der Waals surface area contributed by atoms with Crippen molar-refractivity contribution in [2.24, 2.45) is 11.3 Å². The summed E-state index contributed by atoms with van der Waals surface area (Å²) in [6.45, 7) is 10.0. The Morgan fingerprint density at radius 2 is 1.69 bits per heavy atom. The Bertz CT molecular complexity index is 1420. The Hall–Kier alpha value is -3.79. The number of hydrogen-bond acceptors (Lipinski definition) is 6. The minimum absolute atomic E-state index is 0.0408. The largest absolute Gasteiger partial charge is 0.343 e. The number of aromatic nitrogens is 1. The summed E-state index contributed by atoms with van der Waals surface area (Å²) in [5.41, 5.74) is 4.81. The van der Waals surface area contributed by atoms with Gasteiger partial charge in [-0.25, -0.2) is 5.43 Å². The van der Waals surface area contributed by atoms with Gasteiger partial charge >= 0.3 is 0 Å². The molecule has 3 N–H and O–H groups in total. The zero-order valence-corrected chi connectivity index (χ0v) is 25.1. The van der Waals surface area contributed by atoms with Crippen molar-refractivity contribution in [1.82, 2.24) is 31.0 Å². The van der Waals surface area contributed by atoms with Crippen LogP contribution in [0, 0.1) is 11.3 Å². The summed E-state index contributed by atoms with van der Waals surface area (Å²) in [6, 6.07) is 7.66. The Kier molecular flexibility index (Phi) is 8.37. The van der Waals surface area contributed by atoms with Gasteiger partial charge in [0.2, 0.25) is 17.7 Å². The molecule has 10 nitrogen and oxygen atoms in total. The summed E-state index contributed by atoms with van der Waals surface area (Å²) in [6.07, 6.45) is 6.71. The molecule has 5 rings (SSSR count). The van der Waals surface area contributed by atoms with Gasteiger partial charge in [0.05, 0.1) is 22.7 Å². The number of nitrogens with one attached hydrogen (secondary N) is 3. The molecule has 2 saturated heterocycles. The standard InChI is InChI=1S/C32H42N6O4/c1-19(2)27-28(39)33-20(3)29(40)38-17-6-8-24(36-38)30(41)37-16-7-9-26(37)23-13-12-22-11-10-21(18-25(22)34-23)14-15-32(4,5)31(42)35-27/h10-15,18-20,24,26-27,36H,6-9,16-17H2,1-5H3,(H,33,39)(H,35,42)/b15-14+/t20-,24?,26-,27+/m1/s1. The zero-order chi connectivity index (χ0) is 30.2. The Morgan fingerprint density at radius 1 is 0.952 bits per heavy atom. The minimum Gasteiger partial charge on any atom is -0.343 e. The third-order valence-electron chi connectivity index (χ3n) is 8.61. The van der Waals surface area contributed by atoms with Gasteiger partial charge in [-0.3, -0.25) is 29.2 Å². The van der Waals surface area contributed by atoms with Crippen LogP contribution in [-0.2, 0) is 19.2 Å². The van der Waals surface area contributed by atoms with Crippen molar-refractivity contribution in [3.05, 3.63) is 47.7 Å². The van der Waals surface area contributed by atoms with Gasteiger partial charge in [-0.2, -0.15) is 0 Å². The topological polar surface area (TPSA) is 124 Å². The zero-order valence-electron chi connectivity index (χ0n) is 25.1. The lowest BCUT2D eigenvalue weighted by molar-refractivity contribution is -0.146. The van der Waals surface area contributed by atoms with E-state index in [4.69, 9.17) is 4.98 Å². The molecule has 2 fully saturated rings. The SMILES string of the molecule is CC(C)[C@@H]1NC(=O)C(C)(C)/C=C/c2ccc3ccc(nc3c2)[C@H]2CCCN2C(=O)C2CCCN(N2)C(=O)[C@@H](C)NC1=O. The summed E-state index contributed by atoms with van der Waals surface area (Å²) in [5.74, 6) is -1.29. The van der Waals surface area contributed by atoms with Crippen molar-refractivity contribution in [2.45, 2.75) is 84.5 Å². The van der Waals surface area contributed by atoms with Gasteiger partial charge in [-0.1, -0.05) is 44.2 Å². The van der Waals surface area contributed by atoms with E-state index in [0.29, 0.717) is 25.9 Å². The van der Waals surface area contributed by atoms with Crippen LogP contribution in [0.5, 0.6) is 0 Å². The number of carbonyl (C=O) groups excluding carboxylic acids is 4. The van der Waals surface area contributed by atoms with Crippen molar-refractivity contribution in [1.29, 1.82) is 0 Å². The van der Waals surface area contributed by atoms with Gasteiger partial charge in [-0.15, -0.1) is 0 Å². The maximum absolute atomic E-state index is 13.8. The lowest BCUT2D eigenvalue weighted by Gasteiger charge is -2.37. The lowest BCUT2D eigenvalue weighted by Crippen LogP contribution is -2.62. The average Bonchev–Trinajstić information content (AvgIpc) is 3.47. The summed E-state index contributed by atoms with van der Waals surface area (Å²) >= 11 is 0. The molecular formula is C32H42N6O4. The molecule has 4 amide bonds. The summed E-state index contributed by atoms with van der Waals surface area (Å²) in [4.78, 5) is 60.7. The smallest absolute Gasteiger partial charge is 0.258 e. The van der Waals surface area contributed by atoms with Crippen LogP contribution in [-0.4, -0.2) is 69.7 Å². The van der Waals surface area contributed by atoms with Gasteiger partial charge in [-0.05, 0) is 70.1 Å². The summed E-state index contributed by atoms with van der Waals surface area (Å²) in [7, 11) is 0. The molecule has 1 aromatic heterocycles. The van der Waals surface area contributed by atoms with Crippen LogP contribution >= 0.6 is 0 Å². The predicted molar refractivity (Wildman–Crippen MR) is 160 cm³/mol. The van der Waals surface area contributed by atoms with Crippen LogP contribution in [0.4, 0.5) is 0 Å². The van der Waals surface area contributed by atoms with Gasteiger partial charge in [0, 0.05) is 18.5 Å². The number of fused-ring (bicyclic) bond motifs is 6. The van der Waals surface area contributed by atoms with Gasteiger partial charge in [0.1, 0.15) is 18.1 Å². The molecule has 1 aromatic carbocycles. The number of pyridine rings is 1. The quantitative estimate of drug-likeness (QED) is 0.481. The Balaban J connectivity index is 1.53. The maximum Gasteiger partial charge on any atom is 0.258 e. The first-order chi connectivity index (χ1) is 19.9. The molecular weight excluding hydrogens is 532 g/mol. The van der Waals surface area contributed by atoms with E-state index < -0.39 is 29.4 Å². The second kappa shape index (κ2) is 11.8. The van der Waals surface area contributed by atoms with Gasteiger partial charge in [0.15, 0.2) is 0 Å². The second-order valence-electron chi connectivity index (χ2n) is 12.7. The van der Waals surface area contributed by atoms with Crippen LogP contribution in [0.25, 0.3) is 17.0 Å². The van der Waals surface area contributed by atoms with Crippen molar-refractivity contribution in [3.8, 4) is 0 Å². The fourth-order valence-electron chi connectivity index (χ4n) is 5.94. The minimum atomic E-state index is -0.907. The third kappa shape index (κ3) is 6.04. The van der Waals surface area contributed by atoms with E-state index in [2.05, 4.69) is 16.1 Å². The number of hydrazine groups is 1. The fraction of sp³-hybridized carbons (Fsp3) is 0.531. The highest BCUT2D eigenvalue weighted by molar-refractivity contribution is 5.94. The fourth-order valence-corrected chi connectivity index (χ4v) is 5.94. The van der Waals surface area contributed by atoms with Crippen molar-refractivity contribution < 1.29 is 19.2 Å².